The van der Waals surface area contributed by atoms with Crippen molar-refractivity contribution in [1.29, 1.82) is 0 Å². The van der Waals surface area contributed by atoms with Gasteiger partial charge in [-0.25, -0.2) is 13.4 Å². The van der Waals surface area contributed by atoms with Crippen LogP contribution in [0.1, 0.15) is 44.1 Å². The Morgan fingerprint density at radius 1 is 1.21 bits per heavy atom. The van der Waals surface area contributed by atoms with Gasteiger partial charge in [0.25, 0.3) is 0 Å². The molecule has 1 atom stereocenters. The van der Waals surface area contributed by atoms with E-state index in [1.165, 1.54) is 10.4 Å². The molecule has 8 nitrogen and oxygen atoms in total. The zero-order valence-corrected chi connectivity index (χ0v) is 18.1. The number of anilines is 1. The number of amides is 1. The Balaban J connectivity index is 1.82. The van der Waals surface area contributed by atoms with Crippen molar-refractivity contribution in [3.8, 4) is 0 Å². The fraction of sp³-hybridized carbons (Fsp3) is 0.500. The van der Waals surface area contributed by atoms with Crippen LogP contribution in [0.2, 0.25) is 0 Å². The number of benzene rings is 1. The van der Waals surface area contributed by atoms with E-state index in [2.05, 4.69) is 10.3 Å². The number of carbonyl (C=O) groups is 1. The van der Waals surface area contributed by atoms with Crippen LogP contribution in [-0.2, 0) is 19.6 Å². The van der Waals surface area contributed by atoms with E-state index in [9.17, 15) is 13.2 Å². The summed E-state index contributed by atoms with van der Waals surface area (Å²) < 4.78 is 34.6. The van der Waals surface area contributed by atoms with E-state index >= 15 is 0 Å². The Labute approximate surface area is 171 Å². The van der Waals surface area contributed by atoms with Crippen LogP contribution in [0.5, 0.6) is 0 Å². The van der Waals surface area contributed by atoms with Crippen LogP contribution in [0, 0.1) is 6.92 Å². The number of nitrogens with zero attached hydrogens (tertiary/aromatic N) is 3. The molecular weight excluding hydrogens is 392 g/mol. The molecule has 29 heavy (non-hydrogen) atoms. The van der Waals surface area contributed by atoms with Crippen LogP contribution in [-0.4, -0.2) is 54.5 Å². The average Bonchev–Trinajstić information content (AvgIpc) is 3.19. The number of carbonyl (C=O) groups excluding carboxylic acids is 1. The SMILES string of the molecule is Cc1ccc(NC(=O)[C@H](C)n2ccnc2C(C)C)cc1S(=O)(=O)N1CCOCC1. The van der Waals surface area contributed by atoms with Crippen molar-refractivity contribution in [1.82, 2.24) is 13.9 Å². The predicted molar refractivity (Wildman–Crippen MR) is 110 cm³/mol. The normalized spacial score (nSPS) is 16.7. The predicted octanol–water partition coefficient (Wildman–Crippen LogP) is 2.54. The minimum Gasteiger partial charge on any atom is -0.379 e. The van der Waals surface area contributed by atoms with E-state index < -0.39 is 16.1 Å². The van der Waals surface area contributed by atoms with Gasteiger partial charge in [-0.3, -0.25) is 4.79 Å². The summed E-state index contributed by atoms with van der Waals surface area (Å²) in [7, 11) is -3.65. The van der Waals surface area contributed by atoms with Crippen LogP contribution >= 0.6 is 0 Å². The largest absolute Gasteiger partial charge is 0.379 e. The number of sulfonamides is 1. The maximum Gasteiger partial charge on any atom is 0.247 e. The van der Waals surface area contributed by atoms with Gasteiger partial charge in [-0.05, 0) is 31.5 Å². The molecule has 0 spiro atoms. The van der Waals surface area contributed by atoms with E-state index in [0.717, 1.165) is 5.82 Å². The summed E-state index contributed by atoms with van der Waals surface area (Å²) in [5.74, 6) is 0.778. The van der Waals surface area contributed by atoms with Gasteiger partial charge in [0.1, 0.15) is 11.9 Å². The molecule has 1 aliphatic rings. The van der Waals surface area contributed by atoms with Gasteiger partial charge in [0.05, 0.1) is 18.1 Å². The lowest BCUT2D eigenvalue weighted by atomic mass is 10.2. The van der Waals surface area contributed by atoms with Gasteiger partial charge in [-0.2, -0.15) is 4.31 Å². The molecule has 1 saturated heterocycles. The fourth-order valence-electron chi connectivity index (χ4n) is 3.35. The number of nitrogens with one attached hydrogen (secondary N) is 1. The summed E-state index contributed by atoms with van der Waals surface area (Å²) >= 11 is 0. The van der Waals surface area contributed by atoms with E-state index in [1.807, 2.05) is 18.4 Å². The molecular formula is C20H28N4O4S. The highest BCUT2D eigenvalue weighted by molar-refractivity contribution is 7.89. The van der Waals surface area contributed by atoms with Gasteiger partial charge < -0.3 is 14.6 Å². The Bertz CT molecular complexity index is 978. The van der Waals surface area contributed by atoms with Gasteiger partial charge in [0.15, 0.2) is 0 Å². The lowest BCUT2D eigenvalue weighted by molar-refractivity contribution is -0.118. The zero-order chi connectivity index (χ0) is 21.2. The second-order valence-electron chi connectivity index (χ2n) is 7.51. The minimum atomic E-state index is -3.65. The molecule has 158 valence electrons. The second-order valence-corrected chi connectivity index (χ2v) is 9.42. The molecule has 1 aliphatic heterocycles. The first-order valence-electron chi connectivity index (χ1n) is 9.74. The second kappa shape index (κ2) is 8.64. The fourth-order valence-corrected chi connectivity index (χ4v) is 5.01. The molecule has 1 N–H and O–H groups in total. The highest BCUT2D eigenvalue weighted by Crippen LogP contribution is 2.25. The highest BCUT2D eigenvalue weighted by atomic mass is 32.2. The molecule has 2 heterocycles. The third kappa shape index (κ3) is 4.52. The Morgan fingerprint density at radius 3 is 2.55 bits per heavy atom. The number of aryl methyl sites for hydroxylation is 1. The van der Waals surface area contributed by atoms with Crippen LogP contribution in [0.4, 0.5) is 5.69 Å². The standard InChI is InChI=1S/C20H28N4O4S/c1-14(2)19-21-7-8-24(19)16(4)20(25)22-17-6-5-15(3)18(13-17)29(26,27)23-9-11-28-12-10-23/h5-8,13-14,16H,9-12H2,1-4H3,(H,22,25)/t16-/m0/s1. The molecule has 1 amide bonds. The lowest BCUT2D eigenvalue weighted by Gasteiger charge is -2.27. The first-order chi connectivity index (χ1) is 13.7. The van der Waals surface area contributed by atoms with Crippen LogP contribution in [0.3, 0.4) is 0 Å². The molecule has 2 aromatic rings. The van der Waals surface area contributed by atoms with Crippen LogP contribution < -0.4 is 5.32 Å². The number of aromatic nitrogens is 2. The molecule has 1 aromatic carbocycles. The van der Waals surface area contributed by atoms with Crippen LogP contribution in [0.25, 0.3) is 0 Å². The molecule has 0 bridgehead atoms. The average molecular weight is 421 g/mol. The number of hydrogen-bond acceptors (Lipinski definition) is 5. The minimum absolute atomic E-state index is 0.185. The smallest absolute Gasteiger partial charge is 0.247 e. The van der Waals surface area contributed by atoms with Gasteiger partial charge in [-0.1, -0.05) is 19.9 Å². The first-order valence-corrected chi connectivity index (χ1v) is 11.2. The van der Waals surface area contributed by atoms with Gasteiger partial charge >= 0.3 is 0 Å². The molecule has 0 unspecified atom stereocenters. The summed E-state index contributed by atoms with van der Waals surface area (Å²) in [6.45, 7) is 9.01. The molecule has 3 rings (SSSR count). The Kier molecular flexibility index (Phi) is 6.40. The van der Waals surface area contributed by atoms with Crippen molar-refractivity contribution in [3.05, 3.63) is 42.0 Å². The summed E-state index contributed by atoms with van der Waals surface area (Å²) in [5, 5.41) is 2.84. The third-order valence-electron chi connectivity index (χ3n) is 5.06. The Morgan fingerprint density at radius 2 is 1.90 bits per heavy atom. The van der Waals surface area contributed by atoms with E-state index in [0.29, 0.717) is 37.6 Å². The molecule has 1 aromatic heterocycles. The number of rotatable bonds is 6. The lowest BCUT2D eigenvalue weighted by Crippen LogP contribution is -2.40. The Hall–Kier alpha value is -2.23. The number of hydrogen-bond donors (Lipinski definition) is 1. The summed E-state index contributed by atoms with van der Waals surface area (Å²) in [4.78, 5) is 17.3. The van der Waals surface area contributed by atoms with Gasteiger partial charge in [0, 0.05) is 37.1 Å². The summed E-state index contributed by atoms with van der Waals surface area (Å²) in [6, 6.07) is 4.48. The highest BCUT2D eigenvalue weighted by Gasteiger charge is 2.28. The van der Waals surface area contributed by atoms with Gasteiger partial charge in [-0.15, -0.1) is 0 Å². The molecule has 0 aliphatic carbocycles. The van der Waals surface area contributed by atoms with Crippen LogP contribution in [0.15, 0.2) is 35.5 Å². The first kappa shape index (κ1) is 21.5. The quantitative estimate of drug-likeness (QED) is 0.775. The molecule has 9 heteroatoms. The van der Waals surface area contributed by atoms with E-state index in [-0.39, 0.29) is 16.7 Å². The number of ether oxygens (including phenoxy) is 1. The maximum absolute atomic E-state index is 13.0. The summed E-state index contributed by atoms with van der Waals surface area (Å²) in [5.41, 5.74) is 1.09. The van der Waals surface area contributed by atoms with Crippen molar-refractivity contribution in [2.24, 2.45) is 0 Å². The van der Waals surface area contributed by atoms with Crippen molar-refractivity contribution in [2.75, 3.05) is 31.6 Å². The third-order valence-corrected chi connectivity index (χ3v) is 7.10. The number of imidazole rings is 1. The summed E-state index contributed by atoms with van der Waals surface area (Å²) in [6.07, 6.45) is 3.46. The van der Waals surface area contributed by atoms with Crippen molar-refractivity contribution < 1.29 is 17.9 Å². The monoisotopic (exact) mass is 420 g/mol. The van der Waals surface area contributed by atoms with Crippen molar-refractivity contribution in [3.63, 3.8) is 0 Å². The van der Waals surface area contributed by atoms with Crippen molar-refractivity contribution >= 4 is 21.6 Å². The number of morpholine rings is 1. The molecule has 0 radical (unpaired) electrons. The zero-order valence-electron chi connectivity index (χ0n) is 17.3. The molecule has 1 fully saturated rings. The van der Waals surface area contributed by atoms with Gasteiger partial charge in [0.2, 0.25) is 15.9 Å². The molecule has 0 saturated carbocycles. The van der Waals surface area contributed by atoms with E-state index in [1.54, 1.807) is 38.4 Å². The van der Waals surface area contributed by atoms with Crippen molar-refractivity contribution in [2.45, 2.75) is 44.6 Å². The topological polar surface area (TPSA) is 93.5 Å². The maximum atomic E-state index is 13.0. The van der Waals surface area contributed by atoms with E-state index in [4.69, 9.17) is 4.74 Å².